The number of unbranched alkanes of at least 4 members (excludes halogenated alkanes) is 2. The summed E-state index contributed by atoms with van der Waals surface area (Å²) in [4.78, 5) is 12.1. The van der Waals surface area contributed by atoms with Gasteiger partial charge in [0.05, 0.1) is 11.9 Å². The molecular formula is C19H29N5O2. The maximum absolute atomic E-state index is 8.20. The number of nitrogens with zero attached hydrogens (tertiary/aromatic N) is 4. The number of hydrogen-bond donors (Lipinski definition) is 2. The van der Waals surface area contributed by atoms with Crippen LogP contribution in [0.4, 0.5) is 5.82 Å². The van der Waals surface area contributed by atoms with Crippen molar-refractivity contribution in [2.24, 2.45) is 0 Å². The van der Waals surface area contributed by atoms with E-state index >= 15 is 0 Å². The molecular weight excluding hydrogens is 330 g/mol. The Hall–Kier alpha value is -2.67. The van der Waals surface area contributed by atoms with Gasteiger partial charge in [-0.2, -0.15) is 0 Å². The second-order valence-corrected chi connectivity index (χ2v) is 5.19. The largest absolute Gasteiger partial charge is 0.482 e. The lowest BCUT2D eigenvalue weighted by atomic mass is 10.3. The second kappa shape index (κ2) is 12.7. The first-order valence-electron chi connectivity index (χ1n) is 8.96. The molecule has 3 heterocycles. The zero-order chi connectivity index (χ0) is 19.2. The van der Waals surface area contributed by atoms with Gasteiger partial charge in [-0.05, 0) is 18.6 Å². The first kappa shape index (κ1) is 21.4. The van der Waals surface area contributed by atoms with E-state index in [-0.39, 0.29) is 0 Å². The molecule has 0 aromatic carbocycles. The van der Waals surface area contributed by atoms with Gasteiger partial charge in [0.25, 0.3) is 0 Å². The van der Waals surface area contributed by atoms with Crippen LogP contribution in [0.25, 0.3) is 5.65 Å². The van der Waals surface area contributed by atoms with Crippen molar-refractivity contribution in [1.82, 2.24) is 19.4 Å². The number of imidazole rings is 1. The number of nitrogen functional groups attached to an aromatic ring is 1. The molecule has 7 heteroatoms. The smallest absolute Gasteiger partial charge is 0.180 e. The average molecular weight is 359 g/mol. The van der Waals surface area contributed by atoms with Crippen molar-refractivity contribution in [3.05, 3.63) is 48.8 Å². The molecule has 0 aliphatic heterocycles. The maximum atomic E-state index is 8.20. The van der Waals surface area contributed by atoms with Crippen LogP contribution in [0, 0.1) is 0 Å². The molecule has 0 radical (unpaired) electrons. The Balaban J connectivity index is 0.000000363. The van der Waals surface area contributed by atoms with Crippen LogP contribution in [0.5, 0.6) is 5.75 Å². The minimum Gasteiger partial charge on any atom is -0.482 e. The van der Waals surface area contributed by atoms with E-state index in [2.05, 4.69) is 21.9 Å². The molecule has 0 spiro atoms. The van der Waals surface area contributed by atoms with E-state index in [1.165, 1.54) is 18.9 Å². The third kappa shape index (κ3) is 7.06. The third-order valence-corrected chi connectivity index (χ3v) is 3.26. The van der Waals surface area contributed by atoms with E-state index in [0.29, 0.717) is 24.8 Å². The van der Waals surface area contributed by atoms with Gasteiger partial charge in [0.2, 0.25) is 0 Å². The van der Waals surface area contributed by atoms with Gasteiger partial charge in [-0.1, -0.05) is 39.7 Å². The quantitative estimate of drug-likeness (QED) is 0.654. The summed E-state index contributed by atoms with van der Waals surface area (Å²) in [7, 11) is 0. The highest BCUT2D eigenvalue weighted by Crippen LogP contribution is 2.17. The molecule has 3 rings (SSSR count). The van der Waals surface area contributed by atoms with Gasteiger partial charge in [0.1, 0.15) is 18.6 Å². The molecule has 0 bridgehead atoms. The number of anilines is 1. The Kier molecular flexibility index (Phi) is 10.4. The molecule has 142 valence electrons. The van der Waals surface area contributed by atoms with Crippen molar-refractivity contribution < 1.29 is 9.84 Å². The van der Waals surface area contributed by atoms with Crippen LogP contribution < -0.4 is 10.5 Å². The maximum Gasteiger partial charge on any atom is 0.180 e. The van der Waals surface area contributed by atoms with Crippen LogP contribution >= 0.6 is 0 Å². The zero-order valence-corrected chi connectivity index (χ0v) is 15.8. The van der Waals surface area contributed by atoms with Crippen molar-refractivity contribution >= 4 is 11.5 Å². The van der Waals surface area contributed by atoms with Crippen LogP contribution in [-0.4, -0.2) is 31.1 Å². The van der Waals surface area contributed by atoms with E-state index < -0.39 is 0 Å². The molecule has 0 aliphatic rings. The van der Waals surface area contributed by atoms with Gasteiger partial charge in [-0.25, -0.2) is 15.0 Å². The van der Waals surface area contributed by atoms with Crippen molar-refractivity contribution in [1.29, 1.82) is 0 Å². The second-order valence-electron chi connectivity index (χ2n) is 5.19. The van der Waals surface area contributed by atoms with Crippen LogP contribution in [-0.2, 0) is 6.61 Å². The van der Waals surface area contributed by atoms with Crippen molar-refractivity contribution in [2.75, 3.05) is 12.3 Å². The fraction of sp³-hybridized carbons (Fsp3) is 0.421. The first-order chi connectivity index (χ1) is 12.7. The Morgan fingerprint density at radius 2 is 2.04 bits per heavy atom. The number of ether oxygens (including phenoxy) is 1. The standard InChI is InChI=1S/C12H11N5O.C5H12O.C2H6/c13-12-10(5-14-8-15-12)18-7-9-6-17-4-2-1-3-11(17)16-9;1-2-3-4-5-6;1-2/h1-6,8H,7H2,(H2,13,14,15);6H,2-5H2,1H3;1-2H3. The number of rotatable bonds is 6. The fourth-order valence-corrected chi connectivity index (χ4v) is 2.01. The van der Waals surface area contributed by atoms with Gasteiger partial charge in [0, 0.05) is 19.0 Å². The molecule has 0 aliphatic carbocycles. The number of aliphatic hydroxyl groups is 1. The first-order valence-corrected chi connectivity index (χ1v) is 8.96. The summed E-state index contributed by atoms with van der Waals surface area (Å²) in [6, 6.07) is 5.82. The molecule has 26 heavy (non-hydrogen) atoms. The molecule has 0 fully saturated rings. The predicted molar refractivity (Wildman–Crippen MR) is 104 cm³/mol. The average Bonchev–Trinajstić information content (AvgIpc) is 3.11. The van der Waals surface area contributed by atoms with Gasteiger partial charge < -0.3 is 20.0 Å². The lowest BCUT2D eigenvalue weighted by Gasteiger charge is -2.04. The van der Waals surface area contributed by atoms with Gasteiger partial charge in [0.15, 0.2) is 11.6 Å². The molecule has 7 nitrogen and oxygen atoms in total. The van der Waals surface area contributed by atoms with E-state index in [1.54, 1.807) is 0 Å². The molecule has 3 aromatic heterocycles. The molecule has 0 saturated carbocycles. The zero-order valence-electron chi connectivity index (χ0n) is 15.8. The lowest BCUT2D eigenvalue weighted by Crippen LogP contribution is -2.01. The number of aromatic nitrogens is 4. The highest BCUT2D eigenvalue weighted by atomic mass is 16.5. The Morgan fingerprint density at radius 3 is 2.65 bits per heavy atom. The number of fused-ring (bicyclic) bond motifs is 1. The number of nitrogens with two attached hydrogens (primary N) is 1. The van der Waals surface area contributed by atoms with E-state index in [4.69, 9.17) is 15.6 Å². The van der Waals surface area contributed by atoms with Crippen molar-refractivity contribution in [3.8, 4) is 5.75 Å². The van der Waals surface area contributed by atoms with Crippen LogP contribution in [0.3, 0.4) is 0 Å². The summed E-state index contributed by atoms with van der Waals surface area (Å²) in [5, 5.41) is 8.20. The summed E-state index contributed by atoms with van der Waals surface area (Å²) >= 11 is 0. The lowest BCUT2D eigenvalue weighted by molar-refractivity contribution is 0.284. The van der Waals surface area contributed by atoms with Crippen LogP contribution in [0.1, 0.15) is 45.7 Å². The molecule has 3 N–H and O–H groups in total. The minimum absolute atomic E-state index is 0.328. The number of pyridine rings is 1. The van der Waals surface area contributed by atoms with Gasteiger partial charge >= 0.3 is 0 Å². The summed E-state index contributed by atoms with van der Waals surface area (Å²) in [6.45, 7) is 6.81. The molecule has 0 saturated heterocycles. The van der Waals surface area contributed by atoms with E-state index in [0.717, 1.165) is 24.2 Å². The van der Waals surface area contributed by atoms with Gasteiger partial charge in [-0.3, -0.25) is 0 Å². The number of aliphatic hydroxyl groups excluding tert-OH is 1. The predicted octanol–water partition coefficient (Wildman–Crippen LogP) is 3.48. The highest BCUT2D eigenvalue weighted by Gasteiger charge is 2.04. The monoisotopic (exact) mass is 359 g/mol. The summed E-state index contributed by atoms with van der Waals surface area (Å²) in [6.07, 6.45) is 10.1. The molecule has 0 unspecified atom stereocenters. The Morgan fingerprint density at radius 1 is 1.23 bits per heavy atom. The SMILES string of the molecule is CC.CCCCCO.Nc1ncncc1OCc1cn2ccccc2n1. The Labute approximate surface area is 154 Å². The summed E-state index contributed by atoms with van der Waals surface area (Å²) < 4.78 is 7.46. The highest BCUT2D eigenvalue weighted by molar-refractivity contribution is 5.43. The van der Waals surface area contributed by atoms with E-state index in [9.17, 15) is 0 Å². The summed E-state index contributed by atoms with van der Waals surface area (Å²) in [5.41, 5.74) is 7.36. The van der Waals surface area contributed by atoms with Gasteiger partial charge in [-0.15, -0.1) is 0 Å². The Bertz CT molecular complexity index is 708. The molecule has 3 aromatic rings. The van der Waals surface area contributed by atoms with Crippen LogP contribution in [0.15, 0.2) is 43.1 Å². The summed E-state index contributed by atoms with van der Waals surface area (Å²) in [5.74, 6) is 0.795. The number of hydrogen-bond acceptors (Lipinski definition) is 6. The fourth-order valence-electron chi connectivity index (χ4n) is 2.01. The molecule has 0 amide bonds. The van der Waals surface area contributed by atoms with Crippen molar-refractivity contribution in [3.63, 3.8) is 0 Å². The van der Waals surface area contributed by atoms with Crippen molar-refractivity contribution in [2.45, 2.75) is 46.6 Å². The third-order valence-electron chi connectivity index (χ3n) is 3.26. The van der Waals surface area contributed by atoms with Crippen LogP contribution in [0.2, 0.25) is 0 Å². The minimum atomic E-state index is 0.328. The molecule has 0 atom stereocenters. The normalized spacial score (nSPS) is 9.69. The van der Waals surface area contributed by atoms with E-state index in [1.807, 2.05) is 48.8 Å². The topological polar surface area (TPSA) is 98.6 Å².